The van der Waals surface area contributed by atoms with Gasteiger partial charge >= 0.3 is 0 Å². The highest BCUT2D eigenvalue weighted by Crippen LogP contribution is 2.28. The first-order chi connectivity index (χ1) is 22.3. The number of rotatable bonds is 18. The molecule has 1 aromatic carbocycles. The van der Waals surface area contributed by atoms with Crippen molar-refractivity contribution in [2.45, 2.75) is 13.8 Å². The van der Waals surface area contributed by atoms with Crippen LogP contribution in [0.25, 0.3) is 0 Å². The second-order valence-electron chi connectivity index (χ2n) is 10.5. The minimum atomic E-state index is -0.287. The Bertz CT molecular complexity index is 1410. The standard InChI is InChI=1S/C30H42ClN9O5S.ClH/c1-21-4-3-5-23(31)28(21)38-29(42)24-19-34-30(46-24)37-25-18-26(36-22(2)35-25)40-10-8-39(9-11-40)20-27(41)33-7-13-44-15-17-45-16-14-43-12-6-32;/h3-5,18-19H,6-17,20,32H2,1-2H3,(H,33,41)(H,38,42)(H,34,35,36,37);1H. The first-order valence-electron chi connectivity index (χ1n) is 15.2. The predicted molar refractivity (Wildman–Crippen MR) is 178 cm³/mol. The Morgan fingerprint density at radius 3 is 2.40 bits per heavy atom. The van der Waals surface area contributed by atoms with Crippen LogP contribution in [-0.2, 0) is 19.0 Å². The average molecular weight is 713 g/mol. The van der Waals surface area contributed by atoms with Crippen molar-refractivity contribution in [2.75, 3.05) is 101 Å². The second kappa shape index (κ2) is 20.3. The van der Waals surface area contributed by atoms with Crippen molar-refractivity contribution in [2.24, 2.45) is 0 Å². The lowest BCUT2D eigenvalue weighted by molar-refractivity contribution is -0.374. The number of amides is 2. The quantitative estimate of drug-likeness (QED) is 0.116. The van der Waals surface area contributed by atoms with Crippen molar-refractivity contribution < 1.29 is 41.9 Å². The van der Waals surface area contributed by atoms with Gasteiger partial charge in [0.25, 0.3) is 5.91 Å². The number of ether oxygens (including phenoxy) is 3. The average Bonchev–Trinajstić information content (AvgIpc) is 3.50. The fourth-order valence-corrected chi connectivity index (χ4v) is 5.58. The Balaban J connectivity index is 0.00000600. The molecule has 1 aliphatic heterocycles. The number of carbonyl (C=O) groups is 2. The van der Waals surface area contributed by atoms with Crippen molar-refractivity contribution in [1.82, 2.24) is 25.2 Å². The van der Waals surface area contributed by atoms with Gasteiger partial charge in [-0.05, 0) is 25.5 Å². The zero-order valence-electron chi connectivity index (χ0n) is 26.7. The number of aryl methyl sites for hydroxylation is 2. The summed E-state index contributed by atoms with van der Waals surface area (Å²) in [7, 11) is 0. The highest BCUT2D eigenvalue weighted by atomic mass is 35.5. The summed E-state index contributed by atoms with van der Waals surface area (Å²) in [5.74, 6) is 1.66. The number of quaternary nitrogens is 1. The number of hydrogen-bond donors (Lipinski definition) is 4. The van der Waals surface area contributed by atoms with Crippen molar-refractivity contribution in [1.29, 1.82) is 0 Å². The molecule has 0 aliphatic carbocycles. The number of halogens is 2. The summed E-state index contributed by atoms with van der Waals surface area (Å²) < 4.78 is 16.2. The van der Waals surface area contributed by atoms with Gasteiger partial charge in [-0.2, -0.15) is 0 Å². The Morgan fingerprint density at radius 1 is 1.00 bits per heavy atom. The minimum absolute atomic E-state index is 0. The molecule has 1 fully saturated rings. The van der Waals surface area contributed by atoms with Crippen molar-refractivity contribution in [3.63, 3.8) is 0 Å². The molecule has 17 heteroatoms. The van der Waals surface area contributed by atoms with E-state index in [0.29, 0.717) is 85.1 Å². The van der Waals surface area contributed by atoms with Crippen LogP contribution in [0.1, 0.15) is 21.1 Å². The van der Waals surface area contributed by atoms with E-state index in [1.54, 1.807) is 6.07 Å². The van der Waals surface area contributed by atoms with Crippen molar-refractivity contribution in [3.05, 3.63) is 51.7 Å². The fraction of sp³-hybridized carbons (Fsp3) is 0.500. The summed E-state index contributed by atoms with van der Waals surface area (Å²) in [5, 5.41) is 10.00. The summed E-state index contributed by atoms with van der Waals surface area (Å²) >= 11 is 7.48. The maximum Gasteiger partial charge on any atom is 0.267 e. The van der Waals surface area contributed by atoms with Gasteiger partial charge in [0.15, 0.2) is 5.13 Å². The highest BCUT2D eigenvalue weighted by molar-refractivity contribution is 7.17. The molecule has 0 unspecified atom stereocenters. The lowest BCUT2D eigenvalue weighted by atomic mass is 10.2. The molecule has 14 nitrogen and oxygen atoms in total. The molecule has 0 saturated carbocycles. The van der Waals surface area contributed by atoms with E-state index < -0.39 is 0 Å². The molecule has 0 bridgehead atoms. The first-order valence-corrected chi connectivity index (χ1v) is 16.4. The van der Waals surface area contributed by atoms with Crippen LogP contribution >= 0.6 is 22.9 Å². The summed E-state index contributed by atoms with van der Waals surface area (Å²) in [4.78, 5) is 43.5. The SMILES string of the molecule is Cc1nc(Nc2ncc(C(=O)Nc3c(C)cccc3Cl)s2)cc(N2CCN(CC(=O)NCCOCCOCCOCC[NH3+])CC2)n1.[Cl-]. The predicted octanol–water partition coefficient (Wildman–Crippen LogP) is -1.27. The van der Waals surface area contributed by atoms with E-state index in [0.717, 1.165) is 44.1 Å². The molecule has 2 aromatic heterocycles. The molecule has 0 atom stereocenters. The molecule has 2 amide bonds. The third-order valence-corrected chi connectivity index (χ3v) is 8.14. The van der Waals surface area contributed by atoms with Gasteiger partial charge in [-0.1, -0.05) is 35.1 Å². The number of para-hydroxylation sites is 1. The monoisotopic (exact) mass is 711 g/mol. The number of nitrogens with one attached hydrogen (secondary N) is 3. The van der Waals surface area contributed by atoms with Crippen LogP contribution < -0.4 is 39.0 Å². The number of nitrogens with zero attached hydrogens (tertiary/aromatic N) is 5. The van der Waals surface area contributed by atoms with Crippen molar-refractivity contribution >= 4 is 57.2 Å². The Hall–Kier alpha value is -3.15. The highest BCUT2D eigenvalue weighted by Gasteiger charge is 2.21. The number of benzene rings is 1. The van der Waals surface area contributed by atoms with Crippen LogP contribution in [0.5, 0.6) is 0 Å². The minimum Gasteiger partial charge on any atom is -1.00 e. The molecule has 47 heavy (non-hydrogen) atoms. The molecular weight excluding hydrogens is 669 g/mol. The molecule has 6 N–H and O–H groups in total. The molecule has 1 aliphatic rings. The maximum atomic E-state index is 12.8. The van der Waals surface area contributed by atoms with Crippen LogP contribution in [0, 0.1) is 13.8 Å². The van der Waals surface area contributed by atoms with Gasteiger partial charge in [-0.15, -0.1) is 0 Å². The van der Waals surface area contributed by atoms with Gasteiger partial charge in [0.05, 0.1) is 69.6 Å². The number of thiazole rings is 1. The molecule has 0 spiro atoms. The molecule has 3 heterocycles. The summed E-state index contributed by atoms with van der Waals surface area (Å²) in [6.45, 7) is 11.3. The summed E-state index contributed by atoms with van der Waals surface area (Å²) in [6.07, 6.45) is 1.52. The molecule has 4 rings (SSSR count). The smallest absolute Gasteiger partial charge is 0.267 e. The van der Waals surface area contributed by atoms with Gasteiger partial charge < -0.3 is 53.2 Å². The Morgan fingerprint density at radius 2 is 1.70 bits per heavy atom. The Labute approximate surface area is 290 Å². The van der Waals surface area contributed by atoms with Crippen LogP contribution in [0.2, 0.25) is 5.02 Å². The Kier molecular flexibility index (Phi) is 16.5. The molecule has 0 radical (unpaired) electrons. The maximum absolute atomic E-state index is 12.8. The lowest BCUT2D eigenvalue weighted by Gasteiger charge is -2.35. The van der Waals surface area contributed by atoms with Crippen LogP contribution in [0.4, 0.5) is 22.5 Å². The zero-order valence-corrected chi connectivity index (χ0v) is 29.1. The number of piperazine rings is 1. The molecule has 3 aromatic rings. The topological polar surface area (TPSA) is 171 Å². The third kappa shape index (κ3) is 12.8. The van der Waals surface area contributed by atoms with E-state index in [9.17, 15) is 9.59 Å². The van der Waals surface area contributed by atoms with Gasteiger partial charge in [-0.25, -0.2) is 15.0 Å². The van der Waals surface area contributed by atoms with Gasteiger partial charge in [-0.3, -0.25) is 14.5 Å². The number of hydrogen-bond acceptors (Lipinski definition) is 12. The van der Waals surface area contributed by atoms with Crippen LogP contribution in [-0.4, -0.2) is 117 Å². The van der Waals surface area contributed by atoms with Crippen molar-refractivity contribution in [3.8, 4) is 0 Å². The van der Waals surface area contributed by atoms with Gasteiger partial charge in [0, 0.05) is 38.8 Å². The van der Waals surface area contributed by atoms with Gasteiger partial charge in [0.1, 0.15) is 22.3 Å². The normalized spacial score (nSPS) is 13.2. The lowest BCUT2D eigenvalue weighted by Crippen LogP contribution is -3.00. The summed E-state index contributed by atoms with van der Waals surface area (Å²) in [5.41, 5.74) is 5.17. The fourth-order valence-electron chi connectivity index (χ4n) is 4.59. The molecule has 258 valence electrons. The van der Waals surface area contributed by atoms with Crippen LogP contribution in [0.3, 0.4) is 0 Å². The van der Waals surface area contributed by atoms with E-state index >= 15 is 0 Å². The third-order valence-electron chi connectivity index (χ3n) is 6.91. The van der Waals surface area contributed by atoms with E-state index in [2.05, 4.69) is 46.4 Å². The van der Waals surface area contributed by atoms with Crippen LogP contribution in [0.15, 0.2) is 30.5 Å². The van der Waals surface area contributed by atoms with E-state index in [1.165, 1.54) is 17.5 Å². The summed E-state index contributed by atoms with van der Waals surface area (Å²) in [6, 6.07) is 7.32. The first kappa shape index (κ1) is 38.3. The van der Waals surface area contributed by atoms with E-state index in [4.69, 9.17) is 25.8 Å². The number of aromatic nitrogens is 3. The van der Waals surface area contributed by atoms with E-state index in [1.807, 2.05) is 32.0 Å². The largest absolute Gasteiger partial charge is 1.00 e. The second-order valence-corrected chi connectivity index (χ2v) is 11.9. The number of anilines is 4. The molecule has 1 saturated heterocycles. The van der Waals surface area contributed by atoms with Gasteiger partial charge in [0.2, 0.25) is 5.91 Å². The zero-order chi connectivity index (χ0) is 32.7. The molecular formula is C30H43Cl2N9O5S. The van der Waals surface area contributed by atoms with E-state index in [-0.39, 0.29) is 24.2 Å². The number of carbonyl (C=O) groups excluding carboxylic acids is 2.